The molecule has 23 heavy (non-hydrogen) atoms. The van der Waals surface area contributed by atoms with Gasteiger partial charge in [0.25, 0.3) is 0 Å². The van der Waals surface area contributed by atoms with Gasteiger partial charge in [-0.1, -0.05) is 13.8 Å². The van der Waals surface area contributed by atoms with Crippen molar-refractivity contribution < 1.29 is 14.7 Å². The van der Waals surface area contributed by atoms with Crippen LogP contribution in [0.3, 0.4) is 0 Å². The highest BCUT2D eigenvalue weighted by Crippen LogP contribution is 2.25. The number of aromatic nitrogens is 2. The Morgan fingerprint density at radius 3 is 2.57 bits per heavy atom. The van der Waals surface area contributed by atoms with Crippen molar-refractivity contribution in [3.63, 3.8) is 0 Å². The van der Waals surface area contributed by atoms with E-state index in [1.54, 1.807) is 4.90 Å². The lowest BCUT2D eigenvalue weighted by Crippen LogP contribution is -2.49. The molecular formula is C17H27N3O3. The number of likely N-dealkylation sites (tertiary alicyclic amines) is 1. The third-order valence-corrected chi connectivity index (χ3v) is 4.98. The van der Waals surface area contributed by atoms with E-state index in [0.29, 0.717) is 19.4 Å². The second-order valence-corrected chi connectivity index (χ2v) is 6.29. The Morgan fingerprint density at radius 2 is 2.00 bits per heavy atom. The van der Waals surface area contributed by atoms with Crippen LogP contribution in [0.2, 0.25) is 0 Å². The number of amides is 1. The Balaban J connectivity index is 2.20. The fourth-order valence-corrected chi connectivity index (χ4v) is 3.67. The van der Waals surface area contributed by atoms with Crippen molar-refractivity contribution in [2.75, 3.05) is 6.54 Å². The Morgan fingerprint density at radius 1 is 1.30 bits per heavy atom. The van der Waals surface area contributed by atoms with Crippen LogP contribution in [0, 0.1) is 5.92 Å². The molecule has 1 aliphatic rings. The number of hydrogen-bond donors (Lipinski definition) is 1. The largest absolute Gasteiger partial charge is 0.481 e. The van der Waals surface area contributed by atoms with Crippen LogP contribution in [0.4, 0.5) is 0 Å². The SMILES string of the molecule is CCc1nn(C)c(CC)c1CC(=O)N1CCC[C@H](C(=O)O)[C@@H]1C. The van der Waals surface area contributed by atoms with Crippen molar-refractivity contribution in [2.45, 2.75) is 58.9 Å². The molecule has 1 amide bonds. The summed E-state index contributed by atoms with van der Waals surface area (Å²) in [5, 5.41) is 13.8. The van der Waals surface area contributed by atoms with Crippen LogP contribution in [0.15, 0.2) is 0 Å². The van der Waals surface area contributed by atoms with Crippen molar-refractivity contribution in [3.8, 4) is 0 Å². The minimum Gasteiger partial charge on any atom is -0.481 e. The molecule has 0 spiro atoms. The highest BCUT2D eigenvalue weighted by Gasteiger charge is 2.35. The van der Waals surface area contributed by atoms with Gasteiger partial charge in [-0.2, -0.15) is 5.10 Å². The number of carboxylic acid groups (broad SMARTS) is 1. The second-order valence-electron chi connectivity index (χ2n) is 6.29. The Labute approximate surface area is 137 Å². The van der Waals surface area contributed by atoms with Crippen LogP contribution in [-0.4, -0.2) is 44.3 Å². The van der Waals surface area contributed by atoms with E-state index in [9.17, 15) is 14.7 Å². The highest BCUT2D eigenvalue weighted by molar-refractivity contribution is 5.81. The Kier molecular flexibility index (Phi) is 5.44. The molecule has 6 nitrogen and oxygen atoms in total. The van der Waals surface area contributed by atoms with Crippen LogP contribution >= 0.6 is 0 Å². The van der Waals surface area contributed by atoms with E-state index in [-0.39, 0.29) is 11.9 Å². The van der Waals surface area contributed by atoms with E-state index in [1.165, 1.54) is 0 Å². The average Bonchev–Trinajstić information content (AvgIpc) is 2.81. The first-order chi connectivity index (χ1) is 10.9. The maximum absolute atomic E-state index is 12.8. The van der Waals surface area contributed by atoms with E-state index in [2.05, 4.69) is 12.0 Å². The van der Waals surface area contributed by atoms with Gasteiger partial charge in [0.05, 0.1) is 18.0 Å². The Hall–Kier alpha value is -1.85. The van der Waals surface area contributed by atoms with Crippen LogP contribution in [-0.2, 0) is 35.9 Å². The van der Waals surface area contributed by atoms with E-state index in [0.717, 1.165) is 36.2 Å². The number of carbonyl (C=O) groups excluding carboxylic acids is 1. The minimum absolute atomic E-state index is 0.0147. The molecule has 0 bridgehead atoms. The van der Waals surface area contributed by atoms with Gasteiger partial charge in [-0.15, -0.1) is 0 Å². The summed E-state index contributed by atoms with van der Waals surface area (Å²) in [6.45, 7) is 6.60. The molecule has 6 heteroatoms. The first-order valence-electron chi connectivity index (χ1n) is 8.46. The molecule has 1 aromatic rings. The molecule has 0 radical (unpaired) electrons. The Bertz CT molecular complexity index is 594. The molecule has 1 N–H and O–H groups in total. The van der Waals surface area contributed by atoms with E-state index in [4.69, 9.17) is 0 Å². The maximum Gasteiger partial charge on any atom is 0.308 e. The molecule has 0 unspecified atom stereocenters. The smallest absolute Gasteiger partial charge is 0.308 e. The zero-order chi connectivity index (χ0) is 17.1. The highest BCUT2D eigenvalue weighted by atomic mass is 16.4. The summed E-state index contributed by atoms with van der Waals surface area (Å²) in [7, 11) is 1.91. The summed E-state index contributed by atoms with van der Waals surface area (Å²) in [6, 6.07) is -0.249. The standard InChI is InChI=1S/C17H27N3O3/c1-5-14-13(15(6-2)19(4)18-14)10-16(21)20-9-7-8-12(11(20)3)17(22)23/h11-12H,5-10H2,1-4H3,(H,22,23)/t11-,12-/m0/s1. The lowest BCUT2D eigenvalue weighted by molar-refractivity contribution is -0.148. The van der Waals surface area contributed by atoms with E-state index >= 15 is 0 Å². The van der Waals surface area contributed by atoms with Gasteiger partial charge in [0, 0.05) is 30.9 Å². The van der Waals surface area contributed by atoms with Crippen molar-refractivity contribution in [1.82, 2.24) is 14.7 Å². The minimum atomic E-state index is -0.806. The van der Waals surface area contributed by atoms with E-state index < -0.39 is 11.9 Å². The third kappa shape index (κ3) is 3.41. The van der Waals surface area contributed by atoms with E-state index in [1.807, 2.05) is 25.6 Å². The molecule has 1 saturated heterocycles. The predicted octanol–water partition coefficient (Wildman–Crippen LogP) is 1.80. The fourth-order valence-electron chi connectivity index (χ4n) is 3.67. The van der Waals surface area contributed by atoms with Crippen LogP contribution < -0.4 is 0 Å². The number of rotatable bonds is 5. The van der Waals surface area contributed by atoms with Gasteiger partial charge in [-0.3, -0.25) is 14.3 Å². The van der Waals surface area contributed by atoms with Crippen LogP contribution in [0.5, 0.6) is 0 Å². The molecular weight excluding hydrogens is 294 g/mol. The first kappa shape index (κ1) is 17.5. The van der Waals surface area contributed by atoms with Gasteiger partial charge in [-0.25, -0.2) is 0 Å². The van der Waals surface area contributed by atoms with Crippen LogP contribution in [0.1, 0.15) is 50.6 Å². The zero-order valence-electron chi connectivity index (χ0n) is 14.5. The number of nitrogens with zero attached hydrogens (tertiary/aromatic N) is 3. The maximum atomic E-state index is 12.8. The van der Waals surface area contributed by atoms with Crippen molar-refractivity contribution >= 4 is 11.9 Å². The lowest BCUT2D eigenvalue weighted by atomic mass is 9.89. The number of aliphatic carboxylic acids is 1. The molecule has 2 heterocycles. The summed E-state index contributed by atoms with van der Waals surface area (Å²) in [5.74, 6) is -1.25. The summed E-state index contributed by atoms with van der Waals surface area (Å²) in [5.41, 5.74) is 3.08. The van der Waals surface area contributed by atoms with Gasteiger partial charge in [0.1, 0.15) is 0 Å². The number of aryl methyl sites for hydroxylation is 2. The quantitative estimate of drug-likeness (QED) is 0.897. The summed E-state index contributed by atoms with van der Waals surface area (Å²) in [4.78, 5) is 25.9. The van der Waals surface area contributed by atoms with Gasteiger partial charge in [0.15, 0.2) is 0 Å². The molecule has 1 fully saturated rings. The summed E-state index contributed by atoms with van der Waals surface area (Å²) in [6.07, 6.45) is 3.34. The van der Waals surface area contributed by atoms with Gasteiger partial charge >= 0.3 is 5.97 Å². The molecule has 0 aromatic carbocycles. The molecule has 2 atom stereocenters. The second kappa shape index (κ2) is 7.15. The van der Waals surface area contributed by atoms with Gasteiger partial charge in [0.2, 0.25) is 5.91 Å². The molecule has 2 rings (SSSR count). The molecule has 0 aliphatic carbocycles. The lowest BCUT2D eigenvalue weighted by Gasteiger charge is -2.37. The van der Waals surface area contributed by atoms with Crippen LogP contribution in [0.25, 0.3) is 0 Å². The van der Waals surface area contributed by atoms with Crippen molar-refractivity contribution in [1.29, 1.82) is 0 Å². The molecule has 128 valence electrons. The number of carboxylic acids is 1. The first-order valence-corrected chi connectivity index (χ1v) is 8.46. The number of hydrogen-bond acceptors (Lipinski definition) is 3. The average molecular weight is 321 g/mol. The topological polar surface area (TPSA) is 75.4 Å². The summed E-state index contributed by atoms with van der Waals surface area (Å²) >= 11 is 0. The van der Waals surface area contributed by atoms with Crippen molar-refractivity contribution in [2.24, 2.45) is 13.0 Å². The monoisotopic (exact) mass is 321 g/mol. The number of piperidine rings is 1. The summed E-state index contributed by atoms with van der Waals surface area (Å²) < 4.78 is 1.86. The van der Waals surface area contributed by atoms with Gasteiger partial charge in [-0.05, 0) is 32.6 Å². The predicted molar refractivity (Wildman–Crippen MR) is 87.2 cm³/mol. The number of carbonyl (C=O) groups is 2. The molecule has 1 aliphatic heterocycles. The molecule has 1 aromatic heterocycles. The normalized spacial score (nSPS) is 21.5. The zero-order valence-corrected chi connectivity index (χ0v) is 14.5. The van der Waals surface area contributed by atoms with Gasteiger partial charge < -0.3 is 10.0 Å². The molecule has 0 saturated carbocycles. The third-order valence-electron chi connectivity index (χ3n) is 4.98. The fraction of sp³-hybridized carbons (Fsp3) is 0.706. The van der Waals surface area contributed by atoms with Crippen molar-refractivity contribution in [3.05, 3.63) is 17.0 Å².